The van der Waals surface area contributed by atoms with Crippen LogP contribution in [0.4, 0.5) is 0 Å². The summed E-state index contributed by atoms with van der Waals surface area (Å²) in [7, 11) is 0. The number of nitrogens with one attached hydrogen (secondary N) is 1. The van der Waals surface area contributed by atoms with Gasteiger partial charge in [-0.05, 0) is 30.4 Å². The number of fused-ring (bicyclic) bond motifs is 1. The monoisotopic (exact) mass is 317 g/mol. The van der Waals surface area contributed by atoms with Crippen molar-refractivity contribution in [1.29, 1.82) is 0 Å². The molecule has 0 aromatic heterocycles. The number of rotatable bonds is 4. The SMILES string of the molecule is O=C(NCC1(C(=O)O)CCCCC1)C1OCCc2ccccc21. The van der Waals surface area contributed by atoms with E-state index in [1.807, 2.05) is 24.3 Å². The summed E-state index contributed by atoms with van der Waals surface area (Å²) in [6.07, 6.45) is 4.32. The van der Waals surface area contributed by atoms with E-state index >= 15 is 0 Å². The Morgan fingerprint density at radius 3 is 2.70 bits per heavy atom. The van der Waals surface area contributed by atoms with Crippen molar-refractivity contribution in [2.75, 3.05) is 13.2 Å². The fraction of sp³-hybridized carbons (Fsp3) is 0.556. The van der Waals surface area contributed by atoms with Crippen molar-refractivity contribution in [2.24, 2.45) is 5.41 Å². The number of carbonyl (C=O) groups excluding carboxylic acids is 1. The molecule has 5 nitrogen and oxygen atoms in total. The second-order valence-electron chi connectivity index (χ2n) is 6.56. The van der Waals surface area contributed by atoms with Crippen molar-refractivity contribution in [3.05, 3.63) is 35.4 Å². The third kappa shape index (κ3) is 3.24. The fourth-order valence-electron chi connectivity index (χ4n) is 3.65. The Morgan fingerprint density at radius 1 is 1.22 bits per heavy atom. The number of aliphatic carboxylic acids is 1. The van der Waals surface area contributed by atoms with Gasteiger partial charge in [-0.15, -0.1) is 0 Å². The van der Waals surface area contributed by atoms with Crippen LogP contribution in [-0.4, -0.2) is 30.1 Å². The molecule has 2 aliphatic rings. The predicted octanol–water partition coefficient (Wildman–Crippen LogP) is 2.45. The number of ether oxygens (including phenoxy) is 1. The second-order valence-corrected chi connectivity index (χ2v) is 6.56. The molecule has 1 aromatic rings. The van der Waals surface area contributed by atoms with Crippen LogP contribution in [0.2, 0.25) is 0 Å². The summed E-state index contributed by atoms with van der Waals surface area (Å²) >= 11 is 0. The number of carboxylic acids is 1. The van der Waals surface area contributed by atoms with Gasteiger partial charge in [0, 0.05) is 6.54 Å². The van der Waals surface area contributed by atoms with E-state index in [0.717, 1.165) is 36.8 Å². The van der Waals surface area contributed by atoms with E-state index in [2.05, 4.69) is 5.32 Å². The molecule has 1 aliphatic heterocycles. The van der Waals surface area contributed by atoms with Crippen molar-refractivity contribution < 1.29 is 19.4 Å². The van der Waals surface area contributed by atoms with E-state index in [-0.39, 0.29) is 12.5 Å². The average molecular weight is 317 g/mol. The highest BCUT2D eigenvalue weighted by molar-refractivity contribution is 5.84. The van der Waals surface area contributed by atoms with Crippen LogP contribution in [0.15, 0.2) is 24.3 Å². The molecule has 1 heterocycles. The van der Waals surface area contributed by atoms with E-state index in [4.69, 9.17) is 4.74 Å². The average Bonchev–Trinajstić information content (AvgIpc) is 2.60. The first-order valence-electron chi connectivity index (χ1n) is 8.33. The van der Waals surface area contributed by atoms with Gasteiger partial charge >= 0.3 is 5.97 Å². The third-order valence-corrected chi connectivity index (χ3v) is 5.10. The van der Waals surface area contributed by atoms with Crippen molar-refractivity contribution >= 4 is 11.9 Å². The minimum absolute atomic E-state index is 0.184. The van der Waals surface area contributed by atoms with Crippen LogP contribution >= 0.6 is 0 Å². The van der Waals surface area contributed by atoms with Crippen molar-refractivity contribution in [2.45, 2.75) is 44.6 Å². The van der Waals surface area contributed by atoms with Crippen LogP contribution in [-0.2, 0) is 20.7 Å². The maximum Gasteiger partial charge on any atom is 0.311 e. The van der Waals surface area contributed by atoms with Gasteiger partial charge in [-0.2, -0.15) is 0 Å². The number of benzene rings is 1. The molecule has 0 spiro atoms. The Kier molecular flexibility index (Phi) is 4.66. The number of hydrogen-bond acceptors (Lipinski definition) is 3. The molecule has 124 valence electrons. The van der Waals surface area contributed by atoms with E-state index in [1.165, 1.54) is 0 Å². The Balaban J connectivity index is 1.69. The molecular weight excluding hydrogens is 294 g/mol. The molecule has 0 bridgehead atoms. The van der Waals surface area contributed by atoms with Gasteiger partial charge in [-0.1, -0.05) is 43.5 Å². The van der Waals surface area contributed by atoms with Gasteiger partial charge in [0.2, 0.25) is 0 Å². The molecule has 1 aromatic carbocycles. The Hall–Kier alpha value is -1.88. The van der Waals surface area contributed by atoms with Crippen molar-refractivity contribution in [3.63, 3.8) is 0 Å². The highest BCUT2D eigenvalue weighted by Crippen LogP contribution is 2.36. The summed E-state index contributed by atoms with van der Waals surface area (Å²) in [6, 6.07) is 7.78. The Morgan fingerprint density at radius 2 is 1.96 bits per heavy atom. The quantitative estimate of drug-likeness (QED) is 0.894. The molecule has 5 heteroatoms. The molecule has 1 saturated carbocycles. The molecule has 23 heavy (non-hydrogen) atoms. The Bertz CT molecular complexity index is 592. The van der Waals surface area contributed by atoms with Gasteiger partial charge in [0.15, 0.2) is 6.10 Å². The summed E-state index contributed by atoms with van der Waals surface area (Å²) in [5, 5.41) is 12.4. The third-order valence-electron chi connectivity index (χ3n) is 5.10. The van der Waals surface area contributed by atoms with Crippen molar-refractivity contribution in [3.8, 4) is 0 Å². The first-order chi connectivity index (χ1) is 11.1. The lowest BCUT2D eigenvalue weighted by Crippen LogP contribution is -2.46. The molecule has 1 fully saturated rings. The highest BCUT2D eigenvalue weighted by Gasteiger charge is 2.40. The molecule has 3 rings (SSSR count). The lowest BCUT2D eigenvalue weighted by molar-refractivity contribution is -0.151. The maximum atomic E-state index is 12.5. The largest absolute Gasteiger partial charge is 0.481 e. The van der Waals surface area contributed by atoms with Gasteiger partial charge in [-0.25, -0.2) is 0 Å². The van der Waals surface area contributed by atoms with Crippen LogP contribution in [0.5, 0.6) is 0 Å². The van der Waals surface area contributed by atoms with Crippen molar-refractivity contribution in [1.82, 2.24) is 5.32 Å². The number of amides is 1. The molecule has 1 atom stereocenters. The minimum atomic E-state index is -0.817. The lowest BCUT2D eigenvalue weighted by Gasteiger charge is -2.34. The summed E-state index contributed by atoms with van der Waals surface area (Å²) in [5.41, 5.74) is 1.20. The molecule has 1 amide bonds. The van der Waals surface area contributed by atoms with Gasteiger partial charge in [0.05, 0.1) is 12.0 Å². The summed E-state index contributed by atoms with van der Waals surface area (Å²) in [5.74, 6) is -1.04. The van der Waals surface area contributed by atoms with E-state index in [0.29, 0.717) is 19.4 Å². The summed E-state index contributed by atoms with van der Waals surface area (Å²) < 4.78 is 5.64. The number of carboxylic acid groups (broad SMARTS) is 1. The normalized spacial score (nSPS) is 22.9. The van der Waals surface area contributed by atoms with E-state index in [1.54, 1.807) is 0 Å². The summed E-state index contributed by atoms with van der Waals surface area (Å²) in [4.78, 5) is 24.2. The highest BCUT2D eigenvalue weighted by atomic mass is 16.5. The minimum Gasteiger partial charge on any atom is -0.481 e. The molecule has 2 N–H and O–H groups in total. The predicted molar refractivity (Wildman–Crippen MR) is 85.0 cm³/mol. The number of hydrogen-bond donors (Lipinski definition) is 2. The Labute approximate surface area is 136 Å². The second kappa shape index (κ2) is 6.71. The van der Waals surface area contributed by atoms with Gasteiger partial charge in [0.25, 0.3) is 5.91 Å². The fourth-order valence-corrected chi connectivity index (χ4v) is 3.65. The van der Waals surface area contributed by atoms with Crippen LogP contribution in [0.1, 0.15) is 49.3 Å². The van der Waals surface area contributed by atoms with E-state index in [9.17, 15) is 14.7 Å². The van der Waals surface area contributed by atoms with Crippen LogP contribution in [0, 0.1) is 5.41 Å². The summed E-state index contributed by atoms with van der Waals surface area (Å²) in [6.45, 7) is 0.697. The zero-order chi connectivity index (χ0) is 16.3. The van der Waals surface area contributed by atoms with E-state index < -0.39 is 17.5 Å². The van der Waals surface area contributed by atoms with Crippen LogP contribution in [0.25, 0.3) is 0 Å². The molecule has 1 aliphatic carbocycles. The first kappa shape index (κ1) is 16.0. The zero-order valence-electron chi connectivity index (χ0n) is 13.2. The maximum absolute atomic E-state index is 12.5. The first-order valence-corrected chi connectivity index (χ1v) is 8.33. The molecule has 0 saturated heterocycles. The lowest BCUT2D eigenvalue weighted by atomic mass is 9.74. The number of carbonyl (C=O) groups is 2. The zero-order valence-corrected chi connectivity index (χ0v) is 13.2. The smallest absolute Gasteiger partial charge is 0.311 e. The standard InChI is InChI=1S/C18H23NO4/c20-16(15-14-7-3-2-6-13(14)8-11-23-15)19-12-18(17(21)22)9-4-1-5-10-18/h2-3,6-7,15H,1,4-5,8-12H2,(H,19,20)(H,21,22). The van der Waals surface area contributed by atoms with Gasteiger partial charge in [-0.3, -0.25) is 9.59 Å². The van der Waals surface area contributed by atoms with Gasteiger partial charge in [0.1, 0.15) is 0 Å². The molecular formula is C18H23NO4. The topological polar surface area (TPSA) is 75.6 Å². The van der Waals surface area contributed by atoms with Crippen LogP contribution in [0.3, 0.4) is 0 Å². The molecule has 1 unspecified atom stereocenters. The van der Waals surface area contributed by atoms with Gasteiger partial charge < -0.3 is 15.2 Å². The molecule has 0 radical (unpaired) electrons. The van der Waals surface area contributed by atoms with Crippen LogP contribution < -0.4 is 5.32 Å².